The molecule has 0 aliphatic carbocycles. The molecule has 2 aromatic rings. The van der Waals surface area contributed by atoms with Gasteiger partial charge in [-0.2, -0.15) is 0 Å². The summed E-state index contributed by atoms with van der Waals surface area (Å²) >= 11 is 0. The number of nitrogens with zero attached hydrogens (tertiary/aromatic N) is 2. The summed E-state index contributed by atoms with van der Waals surface area (Å²) in [5, 5.41) is 0. The summed E-state index contributed by atoms with van der Waals surface area (Å²) in [5.41, 5.74) is -0.342. The number of carbonyl (C=O) groups excluding carboxylic acids is 2. The highest BCUT2D eigenvalue weighted by Gasteiger charge is 2.36. The van der Waals surface area contributed by atoms with E-state index in [1.165, 1.54) is 4.90 Å². The van der Waals surface area contributed by atoms with Gasteiger partial charge in [0, 0.05) is 26.2 Å². The van der Waals surface area contributed by atoms with Crippen LogP contribution in [0.15, 0.2) is 42.5 Å². The van der Waals surface area contributed by atoms with E-state index in [1.54, 1.807) is 4.90 Å². The molecule has 0 N–H and O–H groups in total. The molecule has 0 bridgehead atoms. The molecular formula is C21H21F3N2O2. The zero-order valence-electron chi connectivity index (χ0n) is 15.7. The maximum atomic E-state index is 13.9. The van der Waals surface area contributed by atoms with Crippen molar-refractivity contribution in [2.75, 3.05) is 26.2 Å². The molecule has 0 saturated carbocycles. The second-order valence-corrected chi connectivity index (χ2v) is 7.30. The summed E-state index contributed by atoms with van der Waals surface area (Å²) < 4.78 is 40.4. The normalized spacial score (nSPS) is 14.9. The highest BCUT2D eigenvalue weighted by Crippen LogP contribution is 2.26. The second kappa shape index (κ2) is 7.66. The van der Waals surface area contributed by atoms with E-state index >= 15 is 0 Å². The van der Waals surface area contributed by atoms with E-state index in [4.69, 9.17) is 0 Å². The summed E-state index contributed by atoms with van der Waals surface area (Å²) in [6, 6.07) is 11.1. The van der Waals surface area contributed by atoms with Crippen LogP contribution in [-0.4, -0.2) is 47.8 Å². The van der Waals surface area contributed by atoms with Gasteiger partial charge in [0.1, 0.15) is 0 Å². The number of hydrogen-bond donors (Lipinski definition) is 0. The van der Waals surface area contributed by atoms with Crippen LogP contribution in [0.2, 0.25) is 0 Å². The Morgan fingerprint density at radius 1 is 0.821 bits per heavy atom. The van der Waals surface area contributed by atoms with Crippen LogP contribution >= 0.6 is 0 Å². The first kappa shape index (κ1) is 19.9. The largest absolute Gasteiger partial charge is 0.338 e. The minimum absolute atomic E-state index is 0.0650. The zero-order chi connectivity index (χ0) is 20.5. The van der Waals surface area contributed by atoms with Gasteiger partial charge in [0.05, 0.1) is 11.0 Å². The van der Waals surface area contributed by atoms with Gasteiger partial charge in [0.15, 0.2) is 17.5 Å². The molecule has 1 aliphatic rings. The van der Waals surface area contributed by atoms with Gasteiger partial charge in [0.25, 0.3) is 5.91 Å². The molecule has 0 unspecified atom stereocenters. The van der Waals surface area contributed by atoms with Gasteiger partial charge in [-0.3, -0.25) is 9.59 Å². The molecule has 0 atom stereocenters. The quantitative estimate of drug-likeness (QED) is 0.754. The average molecular weight is 390 g/mol. The zero-order valence-corrected chi connectivity index (χ0v) is 15.7. The van der Waals surface area contributed by atoms with Gasteiger partial charge in [-0.25, -0.2) is 13.2 Å². The third-order valence-corrected chi connectivity index (χ3v) is 5.15. The monoisotopic (exact) mass is 390 g/mol. The Bertz CT molecular complexity index is 892. The Kier molecular flexibility index (Phi) is 5.45. The van der Waals surface area contributed by atoms with E-state index in [0.29, 0.717) is 0 Å². The molecule has 1 aliphatic heterocycles. The van der Waals surface area contributed by atoms with Crippen LogP contribution in [0.5, 0.6) is 0 Å². The van der Waals surface area contributed by atoms with E-state index in [0.717, 1.165) is 17.7 Å². The Balaban J connectivity index is 1.68. The van der Waals surface area contributed by atoms with Crippen molar-refractivity contribution in [2.24, 2.45) is 0 Å². The van der Waals surface area contributed by atoms with Crippen LogP contribution in [0.4, 0.5) is 13.2 Å². The average Bonchev–Trinajstić information content (AvgIpc) is 2.72. The van der Waals surface area contributed by atoms with Gasteiger partial charge in [-0.05, 0) is 31.5 Å². The summed E-state index contributed by atoms with van der Waals surface area (Å²) in [6.07, 6.45) is 0. The molecule has 1 heterocycles. The Morgan fingerprint density at radius 3 is 2.00 bits per heavy atom. The first-order valence-electron chi connectivity index (χ1n) is 9.01. The van der Waals surface area contributed by atoms with E-state index < -0.39 is 34.3 Å². The highest BCUT2D eigenvalue weighted by molar-refractivity contribution is 5.95. The predicted octanol–water partition coefficient (Wildman–Crippen LogP) is 3.37. The van der Waals surface area contributed by atoms with Gasteiger partial charge in [-0.1, -0.05) is 30.3 Å². The van der Waals surface area contributed by atoms with Crippen molar-refractivity contribution in [3.8, 4) is 0 Å². The van der Waals surface area contributed by atoms with Gasteiger partial charge in [-0.15, -0.1) is 0 Å². The van der Waals surface area contributed by atoms with Crippen LogP contribution in [-0.2, 0) is 10.2 Å². The van der Waals surface area contributed by atoms with Gasteiger partial charge in [0.2, 0.25) is 5.91 Å². The molecule has 0 radical (unpaired) electrons. The lowest BCUT2D eigenvalue weighted by Crippen LogP contribution is -2.54. The first-order chi connectivity index (χ1) is 13.2. The van der Waals surface area contributed by atoms with Crippen molar-refractivity contribution in [1.29, 1.82) is 0 Å². The molecule has 2 aromatic carbocycles. The van der Waals surface area contributed by atoms with E-state index in [2.05, 4.69) is 0 Å². The molecule has 4 nitrogen and oxygen atoms in total. The lowest BCUT2D eigenvalue weighted by Gasteiger charge is -2.38. The molecule has 2 amide bonds. The van der Waals surface area contributed by atoms with Crippen LogP contribution < -0.4 is 0 Å². The Hall–Kier alpha value is -2.83. The third-order valence-electron chi connectivity index (χ3n) is 5.15. The molecule has 3 rings (SSSR count). The molecular weight excluding hydrogens is 369 g/mol. The number of carbonyl (C=O) groups is 2. The summed E-state index contributed by atoms with van der Waals surface area (Å²) in [4.78, 5) is 28.5. The minimum atomic E-state index is -1.66. The minimum Gasteiger partial charge on any atom is -0.338 e. The third kappa shape index (κ3) is 3.61. The SMILES string of the molecule is CC(C)(C(=O)N1CCN(C(=O)c2ccc(F)c(F)c2F)CC1)c1ccccc1. The number of hydrogen-bond acceptors (Lipinski definition) is 2. The molecule has 7 heteroatoms. The van der Waals surface area contributed by atoms with Gasteiger partial charge >= 0.3 is 0 Å². The number of amides is 2. The Morgan fingerprint density at radius 2 is 1.39 bits per heavy atom. The second-order valence-electron chi connectivity index (χ2n) is 7.30. The Labute approximate surface area is 161 Å². The lowest BCUT2D eigenvalue weighted by atomic mass is 9.83. The summed E-state index contributed by atoms with van der Waals surface area (Å²) in [6.45, 7) is 4.64. The smallest absolute Gasteiger partial charge is 0.257 e. The topological polar surface area (TPSA) is 40.6 Å². The summed E-state index contributed by atoms with van der Waals surface area (Å²) in [7, 11) is 0. The van der Waals surface area contributed by atoms with Gasteiger partial charge < -0.3 is 9.80 Å². The van der Waals surface area contributed by atoms with Crippen molar-refractivity contribution in [3.63, 3.8) is 0 Å². The van der Waals surface area contributed by atoms with Crippen LogP contribution in [0.3, 0.4) is 0 Å². The molecule has 0 aromatic heterocycles. The highest BCUT2D eigenvalue weighted by atomic mass is 19.2. The molecule has 28 heavy (non-hydrogen) atoms. The fourth-order valence-electron chi connectivity index (χ4n) is 3.35. The number of halogens is 3. The van der Waals surface area contributed by atoms with E-state index in [9.17, 15) is 22.8 Å². The summed E-state index contributed by atoms with van der Waals surface area (Å²) in [5.74, 6) is -5.28. The van der Waals surface area contributed by atoms with Crippen molar-refractivity contribution in [3.05, 3.63) is 71.0 Å². The fraction of sp³-hybridized carbons (Fsp3) is 0.333. The maximum absolute atomic E-state index is 13.9. The van der Waals surface area contributed by atoms with Crippen molar-refractivity contribution in [1.82, 2.24) is 9.80 Å². The van der Waals surface area contributed by atoms with E-state index in [1.807, 2.05) is 44.2 Å². The first-order valence-corrected chi connectivity index (χ1v) is 9.01. The molecule has 0 spiro atoms. The van der Waals surface area contributed by atoms with Crippen molar-refractivity contribution in [2.45, 2.75) is 19.3 Å². The number of rotatable bonds is 3. The van der Waals surface area contributed by atoms with Crippen molar-refractivity contribution < 1.29 is 22.8 Å². The van der Waals surface area contributed by atoms with E-state index in [-0.39, 0.29) is 32.1 Å². The lowest BCUT2D eigenvalue weighted by molar-refractivity contribution is -0.137. The predicted molar refractivity (Wildman–Crippen MR) is 98.3 cm³/mol. The van der Waals surface area contributed by atoms with Crippen molar-refractivity contribution >= 4 is 11.8 Å². The van der Waals surface area contributed by atoms with Crippen LogP contribution in [0, 0.1) is 17.5 Å². The van der Waals surface area contributed by atoms with Crippen LogP contribution in [0.1, 0.15) is 29.8 Å². The van der Waals surface area contributed by atoms with Crippen LogP contribution in [0.25, 0.3) is 0 Å². The fourth-order valence-corrected chi connectivity index (χ4v) is 3.35. The molecule has 1 fully saturated rings. The standard InChI is InChI=1S/C21H21F3N2O2/c1-21(2,14-6-4-3-5-7-14)20(28)26-12-10-25(11-13-26)19(27)15-8-9-16(22)18(24)17(15)23/h3-9H,10-13H2,1-2H3. The number of piperazine rings is 1. The molecule has 1 saturated heterocycles. The number of benzene rings is 2. The maximum Gasteiger partial charge on any atom is 0.257 e. The molecule has 148 valence electrons.